The molecule has 1 N–H and O–H groups in total. The fourth-order valence-corrected chi connectivity index (χ4v) is 3.29. The highest BCUT2D eigenvalue weighted by Gasteiger charge is 2.22. The molecule has 0 radical (unpaired) electrons. The molecular formula is C17H27N3. The Hall–Kier alpha value is -1.09. The van der Waals surface area contributed by atoms with Gasteiger partial charge in [0.25, 0.3) is 0 Å². The van der Waals surface area contributed by atoms with E-state index in [2.05, 4.69) is 41.4 Å². The minimum absolute atomic E-state index is 0.754. The molecule has 20 heavy (non-hydrogen) atoms. The second-order valence-electron chi connectivity index (χ2n) is 6.64. The van der Waals surface area contributed by atoms with Crippen molar-refractivity contribution < 1.29 is 0 Å². The number of aryl methyl sites for hydroxylation is 1. The molecule has 2 fully saturated rings. The van der Waals surface area contributed by atoms with Crippen LogP contribution in [0.1, 0.15) is 49.8 Å². The maximum absolute atomic E-state index is 4.49. The van der Waals surface area contributed by atoms with Crippen molar-refractivity contribution in [2.75, 3.05) is 18.5 Å². The summed E-state index contributed by atoms with van der Waals surface area (Å²) in [5, 5.41) is 3.61. The highest BCUT2D eigenvalue weighted by atomic mass is 15.1. The number of nitrogens with zero attached hydrogens (tertiary/aromatic N) is 2. The third-order valence-electron chi connectivity index (χ3n) is 4.68. The van der Waals surface area contributed by atoms with Crippen LogP contribution in [0.25, 0.3) is 0 Å². The van der Waals surface area contributed by atoms with E-state index in [1.807, 2.05) is 0 Å². The van der Waals surface area contributed by atoms with Crippen LogP contribution < -0.4 is 10.2 Å². The second kappa shape index (κ2) is 6.13. The van der Waals surface area contributed by atoms with Gasteiger partial charge < -0.3 is 10.2 Å². The number of hydrogen-bond donors (Lipinski definition) is 1. The van der Waals surface area contributed by atoms with Crippen LogP contribution in [0, 0.1) is 12.8 Å². The fraction of sp³-hybridized carbons (Fsp3) is 0.706. The lowest BCUT2D eigenvalue weighted by molar-refractivity contribution is 0.545. The first kappa shape index (κ1) is 13.9. The van der Waals surface area contributed by atoms with Crippen molar-refractivity contribution in [3.05, 3.63) is 23.5 Å². The summed E-state index contributed by atoms with van der Waals surface area (Å²) in [5.41, 5.74) is 3.84. The van der Waals surface area contributed by atoms with Crippen LogP contribution >= 0.6 is 0 Å². The lowest BCUT2D eigenvalue weighted by Crippen LogP contribution is -2.26. The molecule has 3 heteroatoms. The van der Waals surface area contributed by atoms with Gasteiger partial charge in [0.15, 0.2) is 0 Å². The highest BCUT2D eigenvalue weighted by Crippen LogP contribution is 2.28. The number of aromatic nitrogens is 1. The summed E-state index contributed by atoms with van der Waals surface area (Å²) in [7, 11) is 2.24. The standard InChI is InChI=1S/C17H27N3/c1-13-9-17(20(2)12-14-5-3-4-6-14)15(10-18-13)11-19-16-7-8-16/h9-10,14,16,19H,3-8,11-12H2,1-2H3. The molecule has 2 saturated carbocycles. The molecule has 2 aliphatic carbocycles. The van der Waals surface area contributed by atoms with Crippen LogP contribution in [-0.2, 0) is 6.54 Å². The van der Waals surface area contributed by atoms with Crippen molar-refractivity contribution in [3.8, 4) is 0 Å². The summed E-state index contributed by atoms with van der Waals surface area (Å²) in [4.78, 5) is 6.94. The fourth-order valence-electron chi connectivity index (χ4n) is 3.29. The summed E-state index contributed by atoms with van der Waals surface area (Å²) in [6, 6.07) is 3.00. The zero-order valence-electron chi connectivity index (χ0n) is 12.9. The molecule has 0 bridgehead atoms. The van der Waals surface area contributed by atoms with E-state index in [0.29, 0.717) is 0 Å². The monoisotopic (exact) mass is 273 g/mol. The molecule has 1 aromatic rings. The largest absolute Gasteiger partial charge is 0.374 e. The molecule has 2 aliphatic rings. The Morgan fingerprint density at radius 3 is 2.70 bits per heavy atom. The summed E-state index contributed by atoms with van der Waals surface area (Å²) in [5.74, 6) is 0.887. The van der Waals surface area contributed by atoms with Gasteiger partial charge in [-0.3, -0.25) is 4.98 Å². The normalized spacial score (nSPS) is 19.5. The Bertz CT molecular complexity index is 448. The first-order chi connectivity index (χ1) is 9.72. The van der Waals surface area contributed by atoms with Gasteiger partial charge in [-0.2, -0.15) is 0 Å². The van der Waals surface area contributed by atoms with Gasteiger partial charge in [-0.05, 0) is 44.6 Å². The van der Waals surface area contributed by atoms with Gasteiger partial charge in [0.05, 0.1) is 0 Å². The molecular weight excluding hydrogens is 246 g/mol. The summed E-state index contributed by atoms with van der Waals surface area (Å²) >= 11 is 0. The molecule has 110 valence electrons. The van der Waals surface area contributed by atoms with E-state index in [9.17, 15) is 0 Å². The van der Waals surface area contributed by atoms with Crippen molar-refractivity contribution in [1.82, 2.24) is 10.3 Å². The quantitative estimate of drug-likeness (QED) is 0.862. The zero-order valence-corrected chi connectivity index (χ0v) is 12.9. The van der Waals surface area contributed by atoms with Crippen molar-refractivity contribution in [2.45, 2.75) is 58.0 Å². The zero-order chi connectivity index (χ0) is 13.9. The molecule has 0 atom stereocenters. The molecule has 3 rings (SSSR count). The van der Waals surface area contributed by atoms with Gasteiger partial charge in [-0.25, -0.2) is 0 Å². The first-order valence-electron chi connectivity index (χ1n) is 8.12. The van der Waals surface area contributed by atoms with Gasteiger partial charge in [0.1, 0.15) is 0 Å². The Balaban J connectivity index is 1.68. The van der Waals surface area contributed by atoms with Crippen LogP contribution in [0.4, 0.5) is 5.69 Å². The molecule has 1 aromatic heterocycles. The lowest BCUT2D eigenvalue weighted by Gasteiger charge is -2.26. The maximum atomic E-state index is 4.49. The smallest absolute Gasteiger partial charge is 0.0443 e. The third kappa shape index (κ3) is 3.51. The molecule has 0 aromatic carbocycles. The van der Waals surface area contributed by atoms with Gasteiger partial charge in [0, 0.05) is 49.3 Å². The topological polar surface area (TPSA) is 28.2 Å². The van der Waals surface area contributed by atoms with Crippen molar-refractivity contribution >= 4 is 5.69 Å². The van der Waals surface area contributed by atoms with E-state index >= 15 is 0 Å². The molecule has 0 amide bonds. The maximum Gasteiger partial charge on any atom is 0.0443 e. The highest BCUT2D eigenvalue weighted by molar-refractivity contribution is 5.53. The number of nitrogens with one attached hydrogen (secondary N) is 1. The van der Waals surface area contributed by atoms with Crippen molar-refractivity contribution in [3.63, 3.8) is 0 Å². The van der Waals surface area contributed by atoms with Crippen LogP contribution in [0.15, 0.2) is 12.3 Å². The molecule has 0 saturated heterocycles. The third-order valence-corrected chi connectivity index (χ3v) is 4.68. The van der Waals surface area contributed by atoms with E-state index < -0.39 is 0 Å². The number of pyridine rings is 1. The molecule has 3 nitrogen and oxygen atoms in total. The second-order valence-corrected chi connectivity index (χ2v) is 6.64. The van der Waals surface area contributed by atoms with Crippen molar-refractivity contribution in [1.29, 1.82) is 0 Å². The summed E-state index contributed by atoms with van der Waals surface area (Å²) in [6.07, 6.45) is 10.4. The average molecular weight is 273 g/mol. The Labute approximate surface area is 122 Å². The molecule has 0 unspecified atom stereocenters. The van der Waals surface area contributed by atoms with Crippen LogP contribution in [0.3, 0.4) is 0 Å². The molecule has 0 aliphatic heterocycles. The minimum atomic E-state index is 0.754. The predicted octanol–water partition coefficient (Wildman–Crippen LogP) is 3.27. The Morgan fingerprint density at radius 1 is 1.25 bits per heavy atom. The van der Waals surface area contributed by atoms with Crippen LogP contribution in [-0.4, -0.2) is 24.6 Å². The van der Waals surface area contributed by atoms with E-state index in [4.69, 9.17) is 0 Å². The van der Waals surface area contributed by atoms with E-state index in [1.54, 1.807) is 0 Å². The van der Waals surface area contributed by atoms with E-state index in [-0.39, 0.29) is 0 Å². The van der Waals surface area contributed by atoms with Gasteiger partial charge >= 0.3 is 0 Å². The first-order valence-corrected chi connectivity index (χ1v) is 8.12. The summed E-state index contributed by atoms with van der Waals surface area (Å²) in [6.45, 7) is 4.24. The van der Waals surface area contributed by atoms with Gasteiger partial charge in [-0.15, -0.1) is 0 Å². The number of anilines is 1. The lowest BCUT2D eigenvalue weighted by atomic mass is 10.1. The SMILES string of the molecule is Cc1cc(N(C)CC2CCCC2)c(CNC2CC2)cn1. The Kier molecular flexibility index (Phi) is 4.25. The van der Waals surface area contributed by atoms with Crippen LogP contribution in [0.2, 0.25) is 0 Å². The average Bonchev–Trinajstić information content (AvgIpc) is 3.13. The van der Waals surface area contributed by atoms with E-state index in [0.717, 1.165) is 24.2 Å². The molecule has 0 spiro atoms. The summed E-state index contributed by atoms with van der Waals surface area (Å²) < 4.78 is 0. The van der Waals surface area contributed by atoms with E-state index in [1.165, 1.54) is 56.3 Å². The minimum Gasteiger partial charge on any atom is -0.374 e. The number of rotatable bonds is 6. The van der Waals surface area contributed by atoms with Gasteiger partial charge in [0.2, 0.25) is 0 Å². The van der Waals surface area contributed by atoms with Crippen LogP contribution in [0.5, 0.6) is 0 Å². The predicted molar refractivity (Wildman–Crippen MR) is 84.1 cm³/mol. The molecule has 1 heterocycles. The van der Waals surface area contributed by atoms with Crippen molar-refractivity contribution in [2.24, 2.45) is 5.92 Å². The Morgan fingerprint density at radius 2 is 2.00 bits per heavy atom. The number of hydrogen-bond acceptors (Lipinski definition) is 3. The van der Waals surface area contributed by atoms with Gasteiger partial charge in [-0.1, -0.05) is 12.8 Å².